The predicted octanol–water partition coefficient (Wildman–Crippen LogP) is 4.34. The van der Waals surface area contributed by atoms with Crippen LogP contribution in [0.25, 0.3) is 0 Å². The van der Waals surface area contributed by atoms with Crippen LogP contribution in [0.4, 0.5) is 0 Å². The van der Waals surface area contributed by atoms with Crippen molar-refractivity contribution in [3.8, 4) is 0 Å². The van der Waals surface area contributed by atoms with Crippen LogP contribution in [-0.4, -0.2) is 37.0 Å². The lowest BCUT2D eigenvalue weighted by Gasteiger charge is -2.39. The fourth-order valence-electron chi connectivity index (χ4n) is 4.29. The summed E-state index contributed by atoms with van der Waals surface area (Å²) in [7, 11) is 1.47. The van der Waals surface area contributed by atoms with Gasteiger partial charge in [-0.15, -0.1) is 0 Å². The molecule has 3 aliphatic carbocycles. The molecule has 146 valence electrons. The summed E-state index contributed by atoms with van der Waals surface area (Å²) in [5.41, 5.74) is -0.182. The molecule has 4 aliphatic rings. The minimum absolute atomic E-state index is 0.0156. The van der Waals surface area contributed by atoms with Crippen molar-refractivity contribution in [2.75, 3.05) is 20.3 Å². The second-order valence-electron chi connectivity index (χ2n) is 8.15. The molecule has 4 heteroatoms. The summed E-state index contributed by atoms with van der Waals surface area (Å²) < 4.78 is 9.59. The SMILES string of the molecule is C1CCOC1.CC[C@@H]1CC[C@H]1C(=O)OC.CC[C@@H]1CC[C@H]1C1(O)CC1. The third kappa shape index (κ3) is 5.68. The second kappa shape index (κ2) is 9.91. The Labute approximate surface area is 153 Å². The zero-order valence-electron chi connectivity index (χ0n) is 16.5. The van der Waals surface area contributed by atoms with Gasteiger partial charge in [0, 0.05) is 13.2 Å². The maximum absolute atomic E-state index is 10.9. The minimum Gasteiger partial charge on any atom is -0.469 e. The first-order valence-electron chi connectivity index (χ1n) is 10.4. The number of aliphatic hydroxyl groups is 1. The Bertz CT molecular complexity index is 389. The Hall–Kier alpha value is -0.610. The van der Waals surface area contributed by atoms with Gasteiger partial charge in [0.1, 0.15) is 0 Å². The van der Waals surface area contributed by atoms with E-state index in [0.717, 1.165) is 44.8 Å². The lowest BCUT2D eigenvalue weighted by molar-refractivity contribution is -0.151. The molecule has 4 fully saturated rings. The van der Waals surface area contributed by atoms with Crippen LogP contribution in [0.15, 0.2) is 0 Å². The number of methoxy groups -OCH3 is 1. The van der Waals surface area contributed by atoms with Gasteiger partial charge in [-0.1, -0.05) is 26.7 Å². The minimum atomic E-state index is -0.182. The quantitative estimate of drug-likeness (QED) is 0.763. The summed E-state index contributed by atoms with van der Waals surface area (Å²) in [6.45, 7) is 6.36. The van der Waals surface area contributed by atoms with Crippen LogP contribution in [0.3, 0.4) is 0 Å². The molecule has 4 atom stereocenters. The zero-order valence-corrected chi connectivity index (χ0v) is 16.5. The average Bonchev–Trinajstić information content (AvgIpc) is 3.04. The monoisotopic (exact) mass is 354 g/mol. The van der Waals surface area contributed by atoms with Crippen molar-refractivity contribution >= 4 is 5.97 Å². The van der Waals surface area contributed by atoms with Crippen molar-refractivity contribution in [2.24, 2.45) is 23.7 Å². The van der Waals surface area contributed by atoms with Crippen molar-refractivity contribution in [2.45, 2.75) is 83.7 Å². The molecule has 0 aromatic carbocycles. The van der Waals surface area contributed by atoms with Gasteiger partial charge in [-0.3, -0.25) is 4.79 Å². The van der Waals surface area contributed by atoms with Crippen molar-refractivity contribution < 1.29 is 19.4 Å². The summed E-state index contributed by atoms with van der Waals surface area (Å²) >= 11 is 0. The van der Waals surface area contributed by atoms with Crippen LogP contribution in [0.1, 0.15) is 78.1 Å². The lowest BCUT2D eigenvalue weighted by Crippen LogP contribution is -2.37. The normalized spacial score (nSPS) is 34.2. The number of rotatable bonds is 4. The largest absolute Gasteiger partial charge is 0.469 e. The van der Waals surface area contributed by atoms with Crippen molar-refractivity contribution in [1.82, 2.24) is 0 Å². The van der Waals surface area contributed by atoms with Crippen molar-refractivity contribution in [3.63, 3.8) is 0 Å². The molecule has 25 heavy (non-hydrogen) atoms. The third-order valence-corrected chi connectivity index (χ3v) is 6.67. The highest BCUT2D eigenvalue weighted by Crippen LogP contribution is 2.54. The molecule has 1 heterocycles. The van der Waals surface area contributed by atoms with E-state index in [9.17, 15) is 9.90 Å². The number of ether oxygens (including phenoxy) is 2. The van der Waals surface area contributed by atoms with E-state index < -0.39 is 0 Å². The van der Waals surface area contributed by atoms with Gasteiger partial charge >= 0.3 is 5.97 Å². The Morgan fingerprint density at radius 3 is 1.92 bits per heavy atom. The Balaban J connectivity index is 0.000000143. The molecule has 0 aromatic rings. The van der Waals surface area contributed by atoms with Crippen LogP contribution in [-0.2, 0) is 14.3 Å². The molecule has 1 aliphatic heterocycles. The molecule has 3 saturated carbocycles. The van der Waals surface area contributed by atoms with Crippen LogP contribution >= 0.6 is 0 Å². The topological polar surface area (TPSA) is 55.8 Å². The second-order valence-corrected chi connectivity index (χ2v) is 8.15. The Morgan fingerprint density at radius 2 is 1.64 bits per heavy atom. The van der Waals surface area contributed by atoms with Gasteiger partial charge in [0.2, 0.25) is 0 Å². The van der Waals surface area contributed by atoms with Gasteiger partial charge in [0.15, 0.2) is 0 Å². The summed E-state index contributed by atoms with van der Waals surface area (Å²) in [6.07, 6.45) is 12.0. The number of hydrogen-bond acceptors (Lipinski definition) is 4. The van der Waals surface area contributed by atoms with E-state index in [4.69, 9.17) is 4.74 Å². The molecule has 0 aromatic heterocycles. The van der Waals surface area contributed by atoms with Gasteiger partial charge in [-0.25, -0.2) is 0 Å². The van der Waals surface area contributed by atoms with Crippen molar-refractivity contribution in [1.29, 1.82) is 0 Å². The summed E-state index contributed by atoms with van der Waals surface area (Å²) in [5.74, 6) is 2.34. The molecule has 1 saturated heterocycles. The molecule has 1 N–H and O–H groups in total. The number of esters is 1. The summed E-state index contributed by atoms with van der Waals surface area (Å²) in [5, 5.41) is 9.75. The maximum atomic E-state index is 10.9. The molecule has 0 spiro atoms. The lowest BCUT2D eigenvalue weighted by atomic mass is 9.68. The predicted molar refractivity (Wildman–Crippen MR) is 99.3 cm³/mol. The fraction of sp³-hybridized carbons (Fsp3) is 0.952. The van der Waals surface area contributed by atoms with E-state index >= 15 is 0 Å². The van der Waals surface area contributed by atoms with Crippen LogP contribution in [0, 0.1) is 23.7 Å². The van der Waals surface area contributed by atoms with Gasteiger partial charge in [-0.2, -0.15) is 0 Å². The summed E-state index contributed by atoms with van der Waals surface area (Å²) in [4.78, 5) is 10.9. The number of carbonyl (C=O) groups excluding carboxylic acids is 1. The highest BCUT2D eigenvalue weighted by molar-refractivity contribution is 5.73. The summed E-state index contributed by atoms with van der Waals surface area (Å²) in [6, 6.07) is 0. The third-order valence-electron chi connectivity index (χ3n) is 6.67. The van der Waals surface area contributed by atoms with Gasteiger partial charge in [0.25, 0.3) is 0 Å². The van der Waals surface area contributed by atoms with E-state index in [1.165, 1.54) is 45.6 Å². The highest BCUT2D eigenvalue weighted by atomic mass is 16.5. The Morgan fingerprint density at radius 1 is 1.04 bits per heavy atom. The molecular formula is C21H38O4. The van der Waals surface area contributed by atoms with Gasteiger partial charge in [0.05, 0.1) is 18.6 Å². The molecule has 0 radical (unpaired) electrons. The molecule has 4 nitrogen and oxygen atoms in total. The molecule has 0 unspecified atom stereocenters. The average molecular weight is 355 g/mol. The molecule has 0 amide bonds. The van der Waals surface area contributed by atoms with E-state index in [2.05, 4.69) is 18.6 Å². The first kappa shape index (κ1) is 20.7. The van der Waals surface area contributed by atoms with Gasteiger partial charge in [-0.05, 0) is 69.1 Å². The zero-order chi connectivity index (χ0) is 18.3. The van der Waals surface area contributed by atoms with E-state index in [1.54, 1.807) is 0 Å². The first-order chi connectivity index (χ1) is 12.1. The van der Waals surface area contributed by atoms with E-state index in [1.807, 2.05) is 0 Å². The van der Waals surface area contributed by atoms with E-state index in [-0.39, 0.29) is 17.5 Å². The number of carbonyl (C=O) groups is 1. The first-order valence-corrected chi connectivity index (χ1v) is 10.4. The van der Waals surface area contributed by atoms with Crippen LogP contribution < -0.4 is 0 Å². The Kier molecular flexibility index (Phi) is 8.21. The number of hydrogen-bond donors (Lipinski definition) is 1. The van der Waals surface area contributed by atoms with Gasteiger partial charge < -0.3 is 14.6 Å². The maximum Gasteiger partial charge on any atom is 0.308 e. The van der Waals surface area contributed by atoms with Crippen LogP contribution in [0.2, 0.25) is 0 Å². The smallest absolute Gasteiger partial charge is 0.308 e. The molecular weight excluding hydrogens is 316 g/mol. The molecule has 4 rings (SSSR count). The van der Waals surface area contributed by atoms with Crippen LogP contribution in [0.5, 0.6) is 0 Å². The standard InChI is InChI=1S/C9H16O.C8H14O2.C4H8O/c1-2-7-3-4-8(7)9(10)5-6-9;1-3-6-4-5-7(6)8(9)10-2;1-2-4-5-3-1/h7-8,10H,2-6H2,1H3;6-7H,3-5H2,1-2H3;1-4H2/t7-,8-;6-,7-;/m11./s1. The van der Waals surface area contributed by atoms with Crippen molar-refractivity contribution in [3.05, 3.63) is 0 Å². The fourth-order valence-corrected chi connectivity index (χ4v) is 4.29. The van der Waals surface area contributed by atoms with E-state index in [0.29, 0.717) is 11.8 Å². The highest BCUT2D eigenvalue weighted by Gasteiger charge is 2.53. The molecule has 0 bridgehead atoms.